The van der Waals surface area contributed by atoms with Gasteiger partial charge in [-0.15, -0.1) is 0 Å². The van der Waals surface area contributed by atoms with Crippen LogP contribution in [0.25, 0.3) is 0 Å². The molecule has 0 aliphatic heterocycles. The molecule has 0 aromatic heterocycles. The molecule has 0 spiro atoms. The van der Waals surface area contributed by atoms with Crippen LogP contribution in [-0.4, -0.2) is 27.6 Å². The molecular weight excluding hydrogens is 304 g/mol. The molecule has 0 heterocycles. The number of rotatable bonds is 4. The second kappa shape index (κ2) is 5.66. The molecule has 0 N–H and O–H groups in total. The van der Waals surface area contributed by atoms with Gasteiger partial charge in [0.25, 0.3) is 10.1 Å². The maximum Gasteiger partial charge on any atom is 0.309 e. The van der Waals surface area contributed by atoms with E-state index in [0.717, 1.165) is 18.4 Å². The summed E-state index contributed by atoms with van der Waals surface area (Å²) in [5.41, 5.74) is 0.990. The topological polar surface area (TPSA) is 69.7 Å². The van der Waals surface area contributed by atoms with Crippen molar-refractivity contribution in [1.29, 1.82) is 0 Å². The Morgan fingerprint density at radius 2 is 1.82 bits per heavy atom. The van der Waals surface area contributed by atoms with Crippen LogP contribution in [0.2, 0.25) is 0 Å². The maximum atomic E-state index is 12.4. The van der Waals surface area contributed by atoms with Gasteiger partial charge in [0.05, 0.1) is 24.0 Å². The lowest BCUT2D eigenvalue weighted by Gasteiger charge is -2.27. The monoisotopic (exact) mass is 324 g/mol. The van der Waals surface area contributed by atoms with Gasteiger partial charge in [0.2, 0.25) is 0 Å². The third-order valence-electron chi connectivity index (χ3n) is 4.82. The van der Waals surface area contributed by atoms with E-state index in [9.17, 15) is 13.2 Å². The number of fused-ring (bicyclic) bond motifs is 2. The Morgan fingerprint density at radius 1 is 1.14 bits per heavy atom. The zero-order chi connectivity index (χ0) is 15.9. The van der Waals surface area contributed by atoms with Gasteiger partial charge in [-0.3, -0.25) is 8.98 Å². The fourth-order valence-electron chi connectivity index (χ4n) is 3.74. The summed E-state index contributed by atoms with van der Waals surface area (Å²) in [6, 6.07) is 6.59. The van der Waals surface area contributed by atoms with Crippen molar-refractivity contribution in [2.45, 2.75) is 37.2 Å². The third kappa shape index (κ3) is 2.77. The van der Waals surface area contributed by atoms with Crippen LogP contribution in [0.3, 0.4) is 0 Å². The summed E-state index contributed by atoms with van der Waals surface area (Å²) in [7, 11) is -2.42. The molecule has 2 fully saturated rings. The first-order valence-corrected chi connectivity index (χ1v) is 8.89. The fraction of sp³-hybridized carbons (Fsp3) is 0.562. The first-order valence-electron chi connectivity index (χ1n) is 7.48. The number of esters is 1. The molecular formula is C16H20O5S. The van der Waals surface area contributed by atoms with Gasteiger partial charge in [0.1, 0.15) is 0 Å². The van der Waals surface area contributed by atoms with Gasteiger partial charge in [-0.05, 0) is 44.2 Å². The second-order valence-electron chi connectivity index (χ2n) is 6.27. The number of aryl methyl sites for hydroxylation is 1. The highest BCUT2D eigenvalue weighted by molar-refractivity contribution is 7.86. The summed E-state index contributed by atoms with van der Waals surface area (Å²) < 4.78 is 35.0. The molecule has 22 heavy (non-hydrogen) atoms. The molecule has 2 aliphatic rings. The number of carbonyl (C=O) groups excluding carboxylic acids is 1. The molecule has 5 nitrogen and oxygen atoms in total. The second-order valence-corrected chi connectivity index (χ2v) is 7.84. The molecule has 2 saturated carbocycles. The lowest BCUT2D eigenvalue weighted by atomic mass is 9.87. The Morgan fingerprint density at radius 3 is 2.41 bits per heavy atom. The Bertz CT molecular complexity index is 664. The van der Waals surface area contributed by atoms with Crippen LogP contribution in [0.1, 0.15) is 24.8 Å². The molecule has 2 aliphatic carbocycles. The van der Waals surface area contributed by atoms with Gasteiger partial charge in [-0.2, -0.15) is 8.42 Å². The molecule has 1 aromatic carbocycles. The van der Waals surface area contributed by atoms with Crippen molar-refractivity contribution in [1.82, 2.24) is 0 Å². The standard InChI is InChI=1S/C16H20O5S/c1-10-3-5-12(6-4-10)22(18,19)21-15-9-11-7-13(15)14(8-11)16(17)20-2/h3-6,11,13-15H,7-9H2,1-2H3/t11-,13+,14+,15-/m1/s1. The summed E-state index contributed by atoms with van der Waals surface area (Å²) in [6.07, 6.45) is 1.90. The SMILES string of the molecule is COC(=O)[C@H]1C[C@H]2C[C@@H]1[C@H](OS(=O)(=O)c1ccc(C)cc1)C2. The molecule has 4 atom stereocenters. The van der Waals surface area contributed by atoms with E-state index < -0.39 is 16.2 Å². The average molecular weight is 324 g/mol. The van der Waals surface area contributed by atoms with Crippen LogP contribution in [0.5, 0.6) is 0 Å². The highest BCUT2D eigenvalue weighted by atomic mass is 32.2. The van der Waals surface area contributed by atoms with Gasteiger partial charge in [-0.25, -0.2) is 0 Å². The first-order chi connectivity index (χ1) is 10.4. The minimum absolute atomic E-state index is 0.0577. The molecule has 2 bridgehead atoms. The number of ether oxygens (including phenoxy) is 1. The molecule has 1 aromatic rings. The van der Waals surface area contributed by atoms with Gasteiger partial charge < -0.3 is 4.74 Å². The lowest BCUT2D eigenvalue weighted by Crippen LogP contribution is -2.34. The van der Waals surface area contributed by atoms with Crippen molar-refractivity contribution in [2.75, 3.05) is 7.11 Å². The number of hydrogen-bond acceptors (Lipinski definition) is 5. The smallest absolute Gasteiger partial charge is 0.309 e. The number of methoxy groups -OCH3 is 1. The summed E-state index contributed by atoms with van der Waals surface area (Å²) in [5, 5.41) is 0. The van der Waals surface area contributed by atoms with Crippen LogP contribution >= 0.6 is 0 Å². The van der Waals surface area contributed by atoms with Gasteiger partial charge in [-0.1, -0.05) is 17.7 Å². The predicted octanol–water partition coefficient (Wildman–Crippen LogP) is 2.29. The van der Waals surface area contributed by atoms with E-state index in [2.05, 4.69) is 0 Å². The maximum absolute atomic E-state index is 12.4. The molecule has 3 rings (SSSR count). The van der Waals surface area contributed by atoms with E-state index in [0.29, 0.717) is 12.3 Å². The van der Waals surface area contributed by atoms with E-state index in [1.54, 1.807) is 24.3 Å². The lowest BCUT2D eigenvalue weighted by molar-refractivity contribution is -0.148. The van der Waals surface area contributed by atoms with Crippen LogP contribution in [0.4, 0.5) is 0 Å². The van der Waals surface area contributed by atoms with E-state index in [4.69, 9.17) is 8.92 Å². The van der Waals surface area contributed by atoms with Crippen molar-refractivity contribution in [2.24, 2.45) is 17.8 Å². The number of carbonyl (C=O) groups is 1. The van der Waals surface area contributed by atoms with E-state index in [1.807, 2.05) is 6.92 Å². The number of hydrogen-bond donors (Lipinski definition) is 0. The van der Waals surface area contributed by atoms with Crippen LogP contribution in [-0.2, 0) is 23.8 Å². The first kappa shape index (κ1) is 15.5. The molecule has 0 radical (unpaired) electrons. The molecule has 0 unspecified atom stereocenters. The van der Waals surface area contributed by atoms with Crippen LogP contribution in [0, 0.1) is 24.7 Å². The highest BCUT2D eigenvalue weighted by Gasteiger charge is 2.51. The summed E-state index contributed by atoms with van der Waals surface area (Å²) >= 11 is 0. The van der Waals surface area contributed by atoms with Crippen molar-refractivity contribution < 1.29 is 22.1 Å². The average Bonchev–Trinajstić information content (AvgIpc) is 3.06. The van der Waals surface area contributed by atoms with Gasteiger partial charge >= 0.3 is 5.97 Å². The predicted molar refractivity (Wildman–Crippen MR) is 79.6 cm³/mol. The van der Waals surface area contributed by atoms with Crippen molar-refractivity contribution in [3.05, 3.63) is 29.8 Å². The number of benzene rings is 1. The van der Waals surface area contributed by atoms with Crippen LogP contribution in [0.15, 0.2) is 29.2 Å². The quantitative estimate of drug-likeness (QED) is 0.628. The highest BCUT2D eigenvalue weighted by Crippen LogP contribution is 2.50. The summed E-state index contributed by atoms with van der Waals surface area (Å²) in [5.74, 6) is -0.194. The normalized spacial score (nSPS) is 30.5. The molecule has 0 amide bonds. The zero-order valence-corrected chi connectivity index (χ0v) is 13.5. The molecule has 0 saturated heterocycles. The van der Waals surface area contributed by atoms with Crippen molar-refractivity contribution >= 4 is 16.1 Å². The summed E-state index contributed by atoms with van der Waals surface area (Å²) in [4.78, 5) is 12.0. The summed E-state index contributed by atoms with van der Waals surface area (Å²) in [6.45, 7) is 1.90. The Balaban J connectivity index is 1.76. The fourth-order valence-corrected chi connectivity index (χ4v) is 4.87. The van der Waals surface area contributed by atoms with Gasteiger partial charge in [0.15, 0.2) is 0 Å². The zero-order valence-electron chi connectivity index (χ0n) is 12.7. The van der Waals surface area contributed by atoms with E-state index in [1.165, 1.54) is 7.11 Å². The Labute approximate surface area is 130 Å². The largest absolute Gasteiger partial charge is 0.469 e. The van der Waals surface area contributed by atoms with Crippen LogP contribution < -0.4 is 0 Å². The van der Waals surface area contributed by atoms with Crippen molar-refractivity contribution in [3.63, 3.8) is 0 Å². The van der Waals surface area contributed by atoms with E-state index >= 15 is 0 Å². The molecule has 6 heteroatoms. The van der Waals surface area contributed by atoms with Gasteiger partial charge in [0, 0.05) is 5.92 Å². The minimum atomic E-state index is -3.79. The Hall–Kier alpha value is -1.40. The Kier molecular flexibility index (Phi) is 3.99. The third-order valence-corrected chi connectivity index (χ3v) is 6.17. The minimum Gasteiger partial charge on any atom is -0.469 e. The van der Waals surface area contributed by atoms with Crippen molar-refractivity contribution in [3.8, 4) is 0 Å². The molecule has 120 valence electrons. The van der Waals surface area contributed by atoms with E-state index in [-0.39, 0.29) is 22.7 Å².